The van der Waals surface area contributed by atoms with Gasteiger partial charge in [-0.15, -0.1) is 11.3 Å². The zero-order valence-electron chi connectivity index (χ0n) is 13.1. The lowest BCUT2D eigenvalue weighted by atomic mass is 9.96. The van der Waals surface area contributed by atoms with E-state index in [-0.39, 0.29) is 6.10 Å². The highest BCUT2D eigenvalue weighted by Gasteiger charge is 2.19. The standard InChI is InChI=1S/C17H29NOS/c1-4-13(5-2)15(19)11-18-12(3)17-10-14-8-6-7-9-16(14)20-17/h10,12-13,15,18-19H,4-9,11H2,1-3H3. The number of hydrogen-bond donors (Lipinski definition) is 2. The summed E-state index contributed by atoms with van der Waals surface area (Å²) in [5, 5.41) is 13.7. The van der Waals surface area contributed by atoms with Gasteiger partial charge >= 0.3 is 0 Å². The predicted molar refractivity (Wildman–Crippen MR) is 87.5 cm³/mol. The van der Waals surface area contributed by atoms with Gasteiger partial charge in [0.1, 0.15) is 0 Å². The molecule has 1 aliphatic carbocycles. The first-order valence-corrected chi connectivity index (χ1v) is 9.00. The van der Waals surface area contributed by atoms with Crippen LogP contribution < -0.4 is 5.32 Å². The molecule has 0 saturated heterocycles. The van der Waals surface area contributed by atoms with E-state index in [0.717, 1.165) is 12.8 Å². The van der Waals surface area contributed by atoms with Crippen molar-refractivity contribution in [3.8, 4) is 0 Å². The largest absolute Gasteiger partial charge is 0.392 e. The highest BCUT2D eigenvalue weighted by molar-refractivity contribution is 7.12. The minimum absolute atomic E-state index is 0.220. The molecule has 0 aromatic carbocycles. The van der Waals surface area contributed by atoms with Gasteiger partial charge in [-0.3, -0.25) is 0 Å². The molecule has 1 aromatic heterocycles. The Morgan fingerprint density at radius 3 is 2.60 bits per heavy atom. The summed E-state index contributed by atoms with van der Waals surface area (Å²) in [6.45, 7) is 7.25. The average molecular weight is 295 g/mol. The summed E-state index contributed by atoms with van der Waals surface area (Å²) < 4.78 is 0. The van der Waals surface area contributed by atoms with Crippen LogP contribution in [0.25, 0.3) is 0 Å². The van der Waals surface area contributed by atoms with Gasteiger partial charge in [0.15, 0.2) is 0 Å². The molecule has 1 aliphatic rings. The van der Waals surface area contributed by atoms with Crippen molar-refractivity contribution >= 4 is 11.3 Å². The first kappa shape index (κ1) is 16.0. The van der Waals surface area contributed by atoms with Crippen molar-refractivity contribution in [2.75, 3.05) is 6.54 Å². The van der Waals surface area contributed by atoms with E-state index < -0.39 is 0 Å². The fraction of sp³-hybridized carbons (Fsp3) is 0.765. The van der Waals surface area contributed by atoms with Crippen LogP contribution in [-0.2, 0) is 12.8 Å². The van der Waals surface area contributed by atoms with E-state index >= 15 is 0 Å². The van der Waals surface area contributed by atoms with Gasteiger partial charge in [0.05, 0.1) is 6.10 Å². The summed E-state index contributed by atoms with van der Waals surface area (Å²) in [4.78, 5) is 3.04. The molecule has 2 rings (SSSR count). The number of nitrogens with one attached hydrogen (secondary N) is 1. The molecule has 3 heteroatoms. The molecule has 1 aromatic rings. The molecule has 2 N–H and O–H groups in total. The third-order valence-corrected chi connectivity index (χ3v) is 6.09. The molecule has 0 fully saturated rings. The molecule has 2 unspecified atom stereocenters. The van der Waals surface area contributed by atoms with Gasteiger partial charge in [0.25, 0.3) is 0 Å². The molecule has 114 valence electrons. The average Bonchev–Trinajstić information content (AvgIpc) is 2.90. The summed E-state index contributed by atoms with van der Waals surface area (Å²) in [6.07, 6.45) is 7.11. The quantitative estimate of drug-likeness (QED) is 0.794. The fourth-order valence-corrected chi connectivity index (χ4v) is 4.41. The lowest BCUT2D eigenvalue weighted by molar-refractivity contribution is 0.0990. The highest BCUT2D eigenvalue weighted by Crippen LogP contribution is 2.32. The predicted octanol–water partition coefficient (Wildman–Crippen LogP) is 4.07. The molecular formula is C17H29NOS. The van der Waals surface area contributed by atoms with Gasteiger partial charge < -0.3 is 10.4 Å². The van der Waals surface area contributed by atoms with Crippen molar-refractivity contribution in [1.82, 2.24) is 5.32 Å². The van der Waals surface area contributed by atoms with Crippen LogP contribution >= 0.6 is 11.3 Å². The second kappa shape index (κ2) is 7.58. The Kier molecular flexibility index (Phi) is 6.06. The molecule has 0 bridgehead atoms. The van der Waals surface area contributed by atoms with Crippen LogP contribution in [-0.4, -0.2) is 17.8 Å². The van der Waals surface area contributed by atoms with Crippen LogP contribution in [0, 0.1) is 5.92 Å². The summed E-state index contributed by atoms with van der Waals surface area (Å²) in [5.74, 6) is 0.422. The smallest absolute Gasteiger partial charge is 0.0692 e. The number of rotatable bonds is 7. The van der Waals surface area contributed by atoms with Crippen molar-refractivity contribution in [3.63, 3.8) is 0 Å². The van der Waals surface area contributed by atoms with Crippen LogP contribution in [0.15, 0.2) is 6.07 Å². The summed E-state index contributed by atoms with van der Waals surface area (Å²) >= 11 is 1.97. The van der Waals surface area contributed by atoms with Gasteiger partial charge in [0.2, 0.25) is 0 Å². The molecule has 20 heavy (non-hydrogen) atoms. The third-order valence-electron chi connectivity index (χ3n) is 4.67. The van der Waals surface area contributed by atoms with Crippen molar-refractivity contribution in [2.45, 2.75) is 71.4 Å². The van der Waals surface area contributed by atoms with Gasteiger partial charge in [-0.1, -0.05) is 26.7 Å². The van der Waals surface area contributed by atoms with Crippen molar-refractivity contribution in [3.05, 3.63) is 21.4 Å². The summed E-state index contributed by atoms with van der Waals surface area (Å²) in [6, 6.07) is 2.75. The molecule has 0 saturated carbocycles. The van der Waals surface area contributed by atoms with Crippen molar-refractivity contribution in [1.29, 1.82) is 0 Å². The maximum atomic E-state index is 10.2. The van der Waals surface area contributed by atoms with E-state index in [2.05, 4.69) is 32.2 Å². The second-order valence-corrected chi connectivity index (χ2v) is 7.25. The lowest BCUT2D eigenvalue weighted by Gasteiger charge is -2.22. The summed E-state index contributed by atoms with van der Waals surface area (Å²) in [5.41, 5.74) is 1.57. The monoisotopic (exact) mass is 295 g/mol. The minimum atomic E-state index is -0.220. The van der Waals surface area contributed by atoms with Crippen LogP contribution in [0.1, 0.15) is 67.8 Å². The topological polar surface area (TPSA) is 32.3 Å². The van der Waals surface area contributed by atoms with E-state index in [1.54, 1.807) is 10.4 Å². The van der Waals surface area contributed by atoms with Gasteiger partial charge in [-0.25, -0.2) is 0 Å². The fourth-order valence-electron chi connectivity index (χ4n) is 3.12. The zero-order chi connectivity index (χ0) is 14.5. The van der Waals surface area contributed by atoms with Gasteiger partial charge in [-0.05, 0) is 50.2 Å². The maximum absolute atomic E-state index is 10.2. The van der Waals surface area contributed by atoms with Crippen molar-refractivity contribution < 1.29 is 5.11 Å². The Balaban J connectivity index is 1.88. The number of hydrogen-bond acceptors (Lipinski definition) is 3. The normalized spacial score (nSPS) is 18.1. The molecule has 2 nitrogen and oxygen atoms in total. The lowest BCUT2D eigenvalue weighted by Crippen LogP contribution is -2.33. The van der Waals surface area contributed by atoms with E-state index in [1.165, 1.54) is 30.6 Å². The number of aliphatic hydroxyl groups excluding tert-OH is 1. The molecule has 0 radical (unpaired) electrons. The highest BCUT2D eigenvalue weighted by atomic mass is 32.1. The van der Waals surface area contributed by atoms with E-state index in [1.807, 2.05) is 11.3 Å². The number of aryl methyl sites for hydroxylation is 2. The number of aliphatic hydroxyl groups is 1. The second-order valence-electron chi connectivity index (χ2n) is 6.08. The van der Waals surface area contributed by atoms with Gasteiger partial charge in [0, 0.05) is 22.3 Å². The maximum Gasteiger partial charge on any atom is 0.0692 e. The Labute approximate surface area is 127 Å². The van der Waals surface area contributed by atoms with Crippen LogP contribution in [0.2, 0.25) is 0 Å². The van der Waals surface area contributed by atoms with Crippen LogP contribution in [0.5, 0.6) is 0 Å². The first-order chi connectivity index (χ1) is 9.65. The molecule has 2 atom stereocenters. The third kappa shape index (κ3) is 3.84. The Morgan fingerprint density at radius 2 is 1.95 bits per heavy atom. The van der Waals surface area contributed by atoms with E-state index in [0.29, 0.717) is 18.5 Å². The minimum Gasteiger partial charge on any atom is -0.392 e. The van der Waals surface area contributed by atoms with E-state index in [9.17, 15) is 5.11 Å². The Morgan fingerprint density at radius 1 is 1.25 bits per heavy atom. The summed E-state index contributed by atoms with van der Waals surface area (Å²) in [7, 11) is 0. The van der Waals surface area contributed by atoms with E-state index in [4.69, 9.17) is 0 Å². The number of fused-ring (bicyclic) bond motifs is 1. The molecule has 0 aliphatic heterocycles. The van der Waals surface area contributed by atoms with Crippen LogP contribution in [0.4, 0.5) is 0 Å². The Hall–Kier alpha value is -0.380. The van der Waals surface area contributed by atoms with Gasteiger partial charge in [-0.2, -0.15) is 0 Å². The zero-order valence-corrected chi connectivity index (χ0v) is 13.9. The molecular weight excluding hydrogens is 266 g/mol. The molecule has 0 amide bonds. The first-order valence-electron chi connectivity index (χ1n) is 8.18. The molecule has 0 spiro atoms. The molecule has 1 heterocycles. The van der Waals surface area contributed by atoms with Crippen molar-refractivity contribution in [2.24, 2.45) is 5.92 Å². The Bertz CT molecular complexity index is 388. The SMILES string of the molecule is CCC(CC)C(O)CNC(C)c1cc2c(s1)CCCC2. The van der Waals surface area contributed by atoms with Crippen LogP contribution in [0.3, 0.4) is 0 Å². The number of thiophene rings is 1.